The van der Waals surface area contributed by atoms with Crippen LogP contribution < -0.4 is 10.9 Å². The van der Waals surface area contributed by atoms with Crippen LogP contribution in [0.15, 0.2) is 0 Å². The zero-order chi connectivity index (χ0) is 16.3. The van der Waals surface area contributed by atoms with Crippen LogP contribution in [0.1, 0.15) is 58.8 Å². The molecule has 0 saturated carbocycles. The average molecular weight is 307 g/mol. The van der Waals surface area contributed by atoms with Crippen molar-refractivity contribution >= 4 is 17.6 Å². The van der Waals surface area contributed by atoms with Gasteiger partial charge in [-0.1, -0.05) is 6.92 Å². The molecule has 0 aliphatic carbocycles. The van der Waals surface area contributed by atoms with Gasteiger partial charge in [-0.25, -0.2) is 0 Å². The van der Waals surface area contributed by atoms with Gasteiger partial charge in [-0.2, -0.15) is 0 Å². The van der Waals surface area contributed by atoms with Gasteiger partial charge in [0.1, 0.15) is 11.8 Å². The van der Waals surface area contributed by atoms with Gasteiger partial charge in [-0.15, -0.1) is 0 Å². The highest BCUT2D eigenvalue weighted by atomic mass is 16.5. The first kappa shape index (κ1) is 16.2. The summed E-state index contributed by atoms with van der Waals surface area (Å²) in [6, 6.07) is 0. The molecule has 0 bridgehead atoms. The van der Waals surface area contributed by atoms with E-state index in [2.05, 4.69) is 15.8 Å². The Morgan fingerprint density at radius 3 is 2.59 bits per heavy atom. The lowest BCUT2D eigenvalue weighted by Crippen LogP contribution is -2.46. The number of rotatable bonds is 4. The molecule has 2 heterocycles. The number of Topliss-reactive ketones (excluding diaryl/α,β-unsaturated/α-hetero) is 1. The van der Waals surface area contributed by atoms with Gasteiger partial charge < -0.3 is 9.72 Å². The molecule has 3 N–H and O–H groups in total. The number of ether oxygens (including phenoxy) is 1. The standard InChI is InChI=1S/C15H21N3O4/c1-4-10-12(9(3)19)8(2)16-13(10)15(21)18-17-14(20)11-6-5-7-22-11/h11,16H,4-7H2,1-3H3,(H,17,20)(H,18,21). The van der Waals surface area contributed by atoms with Gasteiger partial charge in [0.05, 0.1) is 0 Å². The van der Waals surface area contributed by atoms with Crippen molar-refractivity contribution in [2.45, 2.75) is 46.1 Å². The molecule has 1 fully saturated rings. The molecule has 1 atom stereocenters. The van der Waals surface area contributed by atoms with Crippen LogP contribution in [0, 0.1) is 6.92 Å². The van der Waals surface area contributed by atoms with Crippen molar-refractivity contribution in [1.82, 2.24) is 15.8 Å². The van der Waals surface area contributed by atoms with Gasteiger partial charge in [-0.05, 0) is 38.7 Å². The second-order valence-corrected chi connectivity index (χ2v) is 5.33. The third kappa shape index (κ3) is 3.19. The molecule has 1 unspecified atom stereocenters. The Kier molecular flexibility index (Phi) is 4.97. The Hall–Kier alpha value is -2.15. The Bertz CT molecular complexity index is 600. The van der Waals surface area contributed by atoms with E-state index in [-0.39, 0.29) is 11.7 Å². The first-order valence-corrected chi connectivity index (χ1v) is 7.39. The first-order chi connectivity index (χ1) is 10.5. The summed E-state index contributed by atoms with van der Waals surface area (Å²) in [4.78, 5) is 38.6. The van der Waals surface area contributed by atoms with Gasteiger partial charge in [-0.3, -0.25) is 25.2 Å². The molecule has 0 radical (unpaired) electrons. The van der Waals surface area contributed by atoms with Crippen LogP contribution in [0.2, 0.25) is 0 Å². The van der Waals surface area contributed by atoms with Gasteiger partial charge in [0.15, 0.2) is 5.78 Å². The highest BCUT2D eigenvalue weighted by Gasteiger charge is 2.25. The lowest BCUT2D eigenvalue weighted by atomic mass is 10.0. The van der Waals surface area contributed by atoms with Gasteiger partial charge in [0.25, 0.3) is 11.8 Å². The predicted octanol–water partition coefficient (Wildman–Crippen LogP) is 1.03. The second kappa shape index (κ2) is 6.74. The normalized spacial score (nSPS) is 17.3. The maximum atomic E-state index is 12.2. The van der Waals surface area contributed by atoms with E-state index in [1.54, 1.807) is 6.92 Å². The lowest BCUT2D eigenvalue weighted by molar-refractivity contribution is -0.130. The van der Waals surface area contributed by atoms with Gasteiger partial charge in [0.2, 0.25) is 0 Å². The minimum absolute atomic E-state index is 0.0898. The average Bonchev–Trinajstić information content (AvgIpc) is 3.11. The fraction of sp³-hybridized carbons (Fsp3) is 0.533. The lowest BCUT2D eigenvalue weighted by Gasteiger charge is -2.11. The fourth-order valence-electron chi connectivity index (χ4n) is 2.75. The summed E-state index contributed by atoms with van der Waals surface area (Å²) >= 11 is 0. The van der Waals surface area contributed by atoms with Crippen molar-refractivity contribution in [3.8, 4) is 0 Å². The minimum atomic E-state index is -0.510. The molecule has 2 rings (SSSR count). The third-order valence-electron chi connectivity index (χ3n) is 3.75. The van der Waals surface area contributed by atoms with E-state index in [1.165, 1.54) is 6.92 Å². The molecule has 22 heavy (non-hydrogen) atoms. The number of hydrogen-bond acceptors (Lipinski definition) is 4. The minimum Gasteiger partial charge on any atom is -0.368 e. The van der Waals surface area contributed by atoms with Crippen molar-refractivity contribution in [3.63, 3.8) is 0 Å². The second-order valence-electron chi connectivity index (χ2n) is 5.33. The predicted molar refractivity (Wildman–Crippen MR) is 79.5 cm³/mol. The maximum absolute atomic E-state index is 12.2. The van der Waals surface area contributed by atoms with Crippen molar-refractivity contribution in [1.29, 1.82) is 0 Å². The van der Waals surface area contributed by atoms with E-state index in [1.807, 2.05) is 6.92 Å². The topological polar surface area (TPSA) is 100 Å². The van der Waals surface area contributed by atoms with Crippen molar-refractivity contribution in [2.75, 3.05) is 6.61 Å². The van der Waals surface area contributed by atoms with Crippen molar-refractivity contribution in [3.05, 3.63) is 22.5 Å². The number of aromatic amines is 1. The molecule has 1 aliphatic heterocycles. The van der Waals surface area contributed by atoms with Crippen LogP contribution in [0.5, 0.6) is 0 Å². The number of hydrogen-bond donors (Lipinski definition) is 3. The summed E-state index contributed by atoms with van der Waals surface area (Å²) in [6.07, 6.45) is 1.52. The summed E-state index contributed by atoms with van der Waals surface area (Å²) in [7, 11) is 0. The molecule has 1 aliphatic rings. The quantitative estimate of drug-likeness (QED) is 0.571. The number of amides is 2. The molecular weight excluding hydrogens is 286 g/mol. The first-order valence-electron chi connectivity index (χ1n) is 7.39. The van der Waals surface area contributed by atoms with Crippen LogP contribution in [0.4, 0.5) is 0 Å². The summed E-state index contributed by atoms with van der Waals surface area (Å²) in [5, 5.41) is 0. The number of aryl methyl sites for hydroxylation is 1. The zero-order valence-corrected chi connectivity index (χ0v) is 13.0. The molecule has 2 amide bonds. The molecule has 1 aromatic heterocycles. The zero-order valence-electron chi connectivity index (χ0n) is 13.0. The van der Waals surface area contributed by atoms with E-state index in [0.29, 0.717) is 42.0 Å². The molecule has 120 valence electrons. The van der Waals surface area contributed by atoms with E-state index in [4.69, 9.17) is 4.74 Å². The number of carbonyl (C=O) groups excluding carboxylic acids is 3. The Balaban J connectivity index is 2.08. The Morgan fingerprint density at radius 1 is 1.32 bits per heavy atom. The van der Waals surface area contributed by atoms with E-state index < -0.39 is 12.0 Å². The Morgan fingerprint density at radius 2 is 2.05 bits per heavy atom. The van der Waals surface area contributed by atoms with E-state index in [0.717, 1.165) is 6.42 Å². The molecule has 0 aromatic carbocycles. The number of carbonyl (C=O) groups is 3. The van der Waals surface area contributed by atoms with Crippen LogP contribution in [-0.4, -0.2) is 35.3 Å². The number of hydrazine groups is 1. The van der Waals surface area contributed by atoms with Crippen LogP contribution in [0.3, 0.4) is 0 Å². The van der Waals surface area contributed by atoms with Crippen LogP contribution >= 0.6 is 0 Å². The fourth-order valence-corrected chi connectivity index (χ4v) is 2.75. The smallest absolute Gasteiger partial charge is 0.286 e. The summed E-state index contributed by atoms with van der Waals surface area (Å²) in [6.45, 7) is 5.65. The highest BCUT2D eigenvalue weighted by molar-refractivity contribution is 6.03. The molecule has 1 aromatic rings. The van der Waals surface area contributed by atoms with E-state index >= 15 is 0 Å². The molecular formula is C15H21N3O4. The maximum Gasteiger partial charge on any atom is 0.286 e. The largest absolute Gasteiger partial charge is 0.368 e. The van der Waals surface area contributed by atoms with Crippen molar-refractivity contribution in [2.24, 2.45) is 0 Å². The molecule has 7 heteroatoms. The van der Waals surface area contributed by atoms with Crippen LogP contribution in [0.25, 0.3) is 0 Å². The number of H-pyrrole nitrogens is 1. The Labute approximate surface area is 128 Å². The summed E-state index contributed by atoms with van der Waals surface area (Å²) in [5.74, 6) is -0.925. The molecule has 7 nitrogen and oxygen atoms in total. The summed E-state index contributed by atoms with van der Waals surface area (Å²) in [5.41, 5.74) is 6.89. The molecule has 0 spiro atoms. The van der Waals surface area contributed by atoms with Crippen LogP contribution in [-0.2, 0) is 16.0 Å². The third-order valence-corrected chi connectivity index (χ3v) is 3.75. The number of ketones is 1. The van der Waals surface area contributed by atoms with Gasteiger partial charge >= 0.3 is 0 Å². The number of nitrogens with one attached hydrogen (secondary N) is 3. The summed E-state index contributed by atoms with van der Waals surface area (Å²) < 4.78 is 5.24. The monoisotopic (exact) mass is 307 g/mol. The van der Waals surface area contributed by atoms with Crippen molar-refractivity contribution < 1.29 is 19.1 Å². The number of aromatic nitrogens is 1. The van der Waals surface area contributed by atoms with E-state index in [9.17, 15) is 14.4 Å². The highest BCUT2D eigenvalue weighted by Crippen LogP contribution is 2.20. The SMILES string of the molecule is CCc1c(C(=O)NNC(=O)C2CCCO2)[nH]c(C)c1C(C)=O. The molecule has 1 saturated heterocycles. The van der Waals surface area contributed by atoms with Gasteiger partial charge in [0, 0.05) is 17.9 Å².